The van der Waals surface area contributed by atoms with Gasteiger partial charge >= 0.3 is 12.1 Å². The summed E-state index contributed by atoms with van der Waals surface area (Å²) in [6.07, 6.45) is 6.56. The highest BCUT2D eigenvalue weighted by Gasteiger charge is 2.25. The molecule has 22 heavy (non-hydrogen) atoms. The molecule has 1 unspecified atom stereocenters. The molecule has 0 heterocycles. The molecule has 0 saturated carbocycles. The van der Waals surface area contributed by atoms with Gasteiger partial charge in [0.15, 0.2) is 6.07 Å². The van der Waals surface area contributed by atoms with Gasteiger partial charge in [-0.05, 0) is 27.2 Å². The molecule has 0 aliphatic rings. The van der Waals surface area contributed by atoms with Gasteiger partial charge in [-0.2, -0.15) is 0 Å². The van der Waals surface area contributed by atoms with Crippen molar-refractivity contribution in [2.75, 3.05) is 6.07 Å². The predicted molar refractivity (Wildman–Crippen MR) is 88.0 cm³/mol. The molecule has 0 bridgehead atoms. The van der Waals surface area contributed by atoms with Crippen molar-refractivity contribution >= 4 is 23.7 Å². The lowest BCUT2D eigenvalue weighted by molar-refractivity contribution is -0.144. The number of esters is 1. The zero-order chi connectivity index (χ0) is 17.0. The van der Waals surface area contributed by atoms with Crippen LogP contribution in [0.5, 0.6) is 0 Å². The van der Waals surface area contributed by atoms with E-state index >= 15 is 0 Å². The van der Waals surface area contributed by atoms with Gasteiger partial charge in [0.25, 0.3) is 0 Å². The summed E-state index contributed by atoms with van der Waals surface area (Å²) in [6.45, 7) is 7.48. The Bertz CT molecular complexity index is 329. The normalized spacial score (nSPS) is 12.6. The molecule has 0 aromatic carbocycles. The third-order valence-electron chi connectivity index (χ3n) is 3.02. The first-order valence-corrected chi connectivity index (χ1v) is 8.55. The van der Waals surface area contributed by atoms with E-state index in [1.165, 1.54) is 19.3 Å². The number of halogens is 1. The molecule has 1 atom stereocenters. The first-order chi connectivity index (χ1) is 10.3. The van der Waals surface area contributed by atoms with Crippen molar-refractivity contribution in [1.82, 2.24) is 5.32 Å². The van der Waals surface area contributed by atoms with Gasteiger partial charge in [0.2, 0.25) is 0 Å². The fourth-order valence-electron chi connectivity index (χ4n) is 1.98. The van der Waals surface area contributed by atoms with Gasteiger partial charge in [0.1, 0.15) is 11.6 Å². The van der Waals surface area contributed by atoms with E-state index in [2.05, 4.69) is 12.2 Å². The van der Waals surface area contributed by atoms with Crippen molar-refractivity contribution in [3.05, 3.63) is 0 Å². The Morgan fingerprint density at radius 3 is 2.23 bits per heavy atom. The number of amides is 1. The average molecular weight is 336 g/mol. The maximum atomic E-state index is 11.8. The number of ether oxygens (including phenoxy) is 2. The van der Waals surface area contributed by atoms with Gasteiger partial charge in [-0.1, -0.05) is 57.0 Å². The summed E-state index contributed by atoms with van der Waals surface area (Å²) in [5, 5.41) is 2.57. The van der Waals surface area contributed by atoms with Crippen LogP contribution in [0.4, 0.5) is 4.79 Å². The highest BCUT2D eigenvalue weighted by molar-refractivity contribution is 6.17. The molecular weight excluding hydrogens is 306 g/mol. The van der Waals surface area contributed by atoms with Crippen LogP contribution in [-0.4, -0.2) is 29.8 Å². The Morgan fingerprint density at radius 2 is 1.68 bits per heavy atom. The summed E-state index contributed by atoms with van der Waals surface area (Å²) in [7, 11) is 0. The van der Waals surface area contributed by atoms with Crippen LogP contribution in [0.15, 0.2) is 0 Å². The van der Waals surface area contributed by atoms with Gasteiger partial charge < -0.3 is 14.8 Å². The Kier molecular flexibility index (Phi) is 11.1. The molecule has 5 nitrogen and oxygen atoms in total. The summed E-state index contributed by atoms with van der Waals surface area (Å²) < 4.78 is 9.95. The fraction of sp³-hybridized carbons (Fsp3) is 0.875. The standard InChI is InChI=1S/C16H30ClNO4/c1-5-6-7-8-9-10-11-13(14(19)21-12-17)18-15(20)22-16(2,3)4/h13H,5-12H2,1-4H3,(H,18,20). The molecule has 0 fully saturated rings. The van der Waals surface area contributed by atoms with Gasteiger partial charge in [-0.3, -0.25) is 0 Å². The molecule has 130 valence electrons. The number of hydrogen-bond acceptors (Lipinski definition) is 4. The number of carbonyl (C=O) groups is 2. The number of hydrogen-bond donors (Lipinski definition) is 1. The van der Waals surface area contributed by atoms with Crippen molar-refractivity contribution in [3.8, 4) is 0 Å². The molecule has 0 saturated heterocycles. The van der Waals surface area contributed by atoms with Crippen molar-refractivity contribution in [1.29, 1.82) is 0 Å². The van der Waals surface area contributed by atoms with Crippen LogP contribution in [0.25, 0.3) is 0 Å². The first-order valence-electron chi connectivity index (χ1n) is 8.02. The highest BCUT2D eigenvalue weighted by Crippen LogP contribution is 2.11. The molecule has 0 aromatic rings. The maximum absolute atomic E-state index is 11.8. The zero-order valence-electron chi connectivity index (χ0n) is 14.2. The maximum Gasteiger partial charge on any atom is 0.408 e. The van der Waals surface area contributed by atoms with E-state index < -0.39 is 23.7 Å². The monoisotopic (exact) mass is 335 g/mol. The third-order valence-corrected chi connectivity index (χ3v) is 3.13. The van der Waals surface area contributed by atoms with Crippen LogP contribution in [0.1, 0.15) is 72.6 Å². The van der Waals surface area contributed by atoms with Gasteiger partial charge in [0.05, 0.1) is 0 Å². The van der Waals surface area contributed by atoms with Crippen LogP contribution >= 0.6 is 11.6 Å². The molecule has 0 aliphatic carbocycles. The number of rotatable bonds is 10. The van der Waals surface area contributed by atoms with E-state index in [1.807, 2.05) is 0 Å². The molecule has 1 N–H and O–H groups in total. The number of alkyl halides is 1. The van der Waals surface area contributed by atoms with Gasteiger partial charge in [-0.25, -0.2) is 9.59 Å². The van der Waals surface area contributed by atoms with Gasteiger partial charge in [0, 0.05) is 0 Å². The highest BCUT2D eigenvalue weighted by atomic mass is 35.5. The summed E-state index contributed by atoms with van der Waals surface area (Å²) in [5.74, 6) is -0.519. The summed E-state index contributed by atoms with van der Waals surface area (Å²) in [4.78, 5) is 23.6. The molecule has 0 rings (SSSR count). The van der Waals surface area contributed by atoms with Crippen LogP contribution in [-0.2, 0) is 14.3 Å². The van der Waals surface area contributed by atoms with Crippen LogP contribution in [0, 0.1) is 0 Å². The zero-order valence-corrected chi connectivity index (χ0v) is 15.0. The lowest BCUT2D eigenvalue weighted by atomic mass is 10.1. The second-order valence-electron chi connectivity index (χ2n) is 6.33. The quantitative estimate of drug-likeness (QED) is 0.366. The third kappa shape index (κ3) is 11.7. The molecule has 6 heteroatoms. The molecule has 0 spiro atoms. The molecule has 0 radical (unpaired) electrons. The van der Waals surface area contributed by atoms with E-state index in [1.54, 1.807) is 20.8 Å². The van der Waals surface area contributed by atoms with E-state index in [9.17, 15) is 9.59 Å². The molecule has 0 aliphatic heterocycles. The summed E-state index contributed by atoms with van der Waals surface area (Å²) in [6, 6.07) is -0.929. The second-order valence-corrected chi connectivity index (χ2v) is 6.55. The van der Waals surface area contributed by atoms with E-state index in [4.69, 9.17) is 21.1 Å². The van der Waals surface area contributed by atoms with Crippen LogP contribution in [0.3, 0.4) is 0 Å². The minimum absolute atomic E-state index is 0.220. The molecule has 1 amide bonds. The molecular formula is C16H30ClNO4. The minimum Gasteiger partial charge on any atom is -0.448 e. The number of alkyl carbamates (subject to hydrolysis) is 1. The Labute approximate surface area is 139 Å². The number of unbranched alkanes of at least 4 members (excludes halogenated alkanes) is 5. The van der Waals surface area contributed by atoms with Crippen molar-refractivity contribution in [2.24, 2.45) is 0 Å². The van der Waals surface area contributed by atoms with E-state index in [0.717, 1.165) is 19.3 Å². The largest absolute Gasteiger partial charge is 0.448 e. The smallest absolute Gasteiger partial charge is 0.408 e. The summed E-state index contributed by atoms with van der Waals surface area (Å²) in [5.41, 5.74) is -0.606. The Morgan fingerprint density at radius 1 is 1.09 bits per heavy atom. The topological polar surface area (TPSA) is 64.6 Å². The average Bonchev–Trinajstić information content (AvgIpc) is 2.39. The first kappa shape index (κ1) is 21.0. The SMILES string of the molecule is CCCCCCCCC(NC(=O)OC(C)(C)C)C(=O)OCCl. The lowest BCUT2D eigenvalue weighted by Crippen LogP contribution is -2.44. The number of nitrogens with one attached hydrogen (secondary N) is 1. The van der Waals surface area contributed by atoms with Gasteiger partial charge in [-0.15, -0.1) is 0 Å². The van der Waals surface area contributed by atoms with E-state index in [-0.39, 0.29) is 6.07 Å². The Balaban J connectivity index is 4.26. The second kappa shape index (κ2) is 11.6. The predicted octanol–water partition coefficient (Wildman–Crippen LogP) is 4.37. The van der Waals surface area contributed by atoms with E-state index in [0.29, 0.717) is 6.42 Å². The van der Waals surface area contributed by atoms with Crippen molar-refractivity contribution in [3.63, 3.8) is 0 Å². The fourth-order valence-corrected chi connectivity index (χ4v) is 2.09. The summed E-state index contributed by atoms with van der Waals surface area (Å²) >= 11 is 5.41. The minimum atomic E-state index is -0.709. The molecule has 0 aromatic heterocycles. The van der Waals surface area contributed by atoms with Crippen molar-refractivity contribution < 1.29 is 19.1 Å². The van der Waals surface area contributed by atoms with Crippen molar-refractivity contribution in [2.45, 2.75) is 84.3 Å². The lowest BCUT2D eigenvalue weighted by Gasteiger charge is -2.22. The van der Waals surface area contributed by atoms with Crippen LogP contribution in [0.2, 0.25) is 0 Å². The van der Waals surface area contributed by atoms with Crippen LogP contribution < -0.4 is 5.32 Å². The Hall–Kier alpha value is -0.970. The number of carbonyl (C=O) groups excluding carboxylic acids is 2.